The molecule has 0 bridgehead atoms. The number of rotatable bonds is 3. The van der Waals surface area contributed by atoms with Crippen LogP contribution in [0.3, 0.4) is 0 Å². The summed E-state index contributed by atoms with van der Waals surface area (Å²) in [6, 6.07) is 9.25. The first-order valence-electron chi connectivity index (χ1n) is 5.18. The second kappa shape index (κ2) is 5.76. The monoisotopic (exact) mass is 218 g/mol. The molecule has 0 saturated heterocycles. The molecule has 1 rings (SSSR count). The molecule has 0 atom stereocenters. The number of hydrogen-bond acceptors (Lipinski definition) is 3. The van der Waals surface area contributed by atoms with Crippen LogP contribution in [0.4, 0.5) is 5.69 Å². The highest BCUT2D eigenvalue weighted by atomic mass is 16.6. The van der Waals surface area contributed by atoms with Gasteiger partial charge in [-0.05, 0) is 31.9 Å². The zero-order chi connectivity index (χ0) is 12.0. The molecular formula is C12H14N2O2. The zero-order valence-electron chi connectivity index (χ0n) is 9.43. The topological polar surface area (TPSA) is 46.4 Å². The fourth-order valence-corrected chi connectivity index (χ4v) is 1.19. The fourth-order valence-electron chi connectivity index (χ4n) is 1.19. The minimum Gasteiger partial charge on any atom is -0.333 e. The third kappa shape index (κ3) is 3.28. The van der Waals surface area contributed by atoms with Gasteiger partial charge in [0.25, 0.3) is 5.69 Å². The molecule has 84 valence electrons. The zero-order valence-corrected chi connectivity index (χ0v) is 9.43. The maximum atomic E-state index is 10.4. The van der Waals surface area contributed by atoms with Crippen molar-refractivity contribution >= 4 is 5.69 Å². The maximum Gasteiger partial charge on any atom is 0.269 e. The number of nitro groups is 1. The molecule has 4 heteroatoms. The number of non-ortho nitro benzene ring substituents is 1. The summed E-state index contributed by atoms with van der Waals surface area (Å²) >= 11 is 0. The van der Waals surface area contributed by atoms with Crippen molar-refractivity contribution in [2.75, 3.05) is 13.1 Å². The van der Waals surface area contributed by atoms with E-state index in [1.54, 1.807) is 12.1 Å². The van der Waals surface area contributed by atoms with Crippen molar-refractivity contribution < 1.29 is 4.92 Å². The lowest BCUT2D eigenvalue weighted by Gasteiger charge is -2.10. The highest BCUT2D eigenvalue weighted by Crippen LogP contribution is 2.10. The summed E-state index contributed by atoms with van der Waals surface area (Å²) in [6.45, 7) is 5.81. The van der Waals surface area contributed by atoms with Crippen LogP contribution in [-0.2, 0) is 0 Å². The van der Waals surface area contributed by atoms with Gasteiger partial charge in [0.1, 0.15) is 0 Å². The molecule has 0 amide bonds. The second-order valence-corrected chi connectivity index (χ2v) is 3.21. The van der Waals surface area contributed by atoms with Gasteiger partial charge in [0.05, 0.1) is 4.92 Å². The van der Waals surface area contributed by atoms with Crippen LogP contribution < -0.4 is 0 Å². The second-order valence-electron chi connectivity index (χ2n) is 3.21. The highest BCUT2D eigenvalue weighted by molar-refractivity contribution is 5.40. The van der Waals surface area contributed by atoms with Gasteiger partial charge in [-0.3, -0.25) is 10.1 Å². The first-order chi connectivity index (χ1) is 7.67. The van der Waals surface area contributed by atoms with Gasteiger partial charge in [0.2, 0.25) is 0 Å². The van der Waals surface area contributed by atoms with Crippen molar-refractivity contribution in [3.8, 4) is 12.0 Å². The molecule has 0 aromatic heterocycles. The van der Waals surface area contributed by atoms with E-state index in [9.17, 15) is 10.1 Å². The molecule has 0 aliphatic rings. The SMILES string of the molecule is CCN(C#Cc1ccc([N+](=O)[O-])cc1)CC. The predicted octanol–water partition coefficient (Wildman–Crippen LogP) is 2.25. The fraction of sp³-hybridized carbons (Fsp3) is 0.333. The summed E-state index contributed by atoms with van der Waals surface area (Å²) in [5.41, 5.74) is 0.880. The molecule has 1 aromatic carbocycles. The minimum atomic E-state index is -0.415. The molecule has 0 aliphatic heterocycles. The van der Waals surface area contributed by atoms with Crippen molar-refractivity contribution in [3.63, 3.8) is 0 Å². The number of hydrogen-bond donors (Lipinski definition) is 0. The Morgan fingerprint density at radius 1 is 1.25 bits per heavy atom. The van der Waals surface area contributed by atoms with E-state index in [0.29, 0.717) is 0 Å². The Bertz CT molecular complexity index is 411. The van der Waals surface area contributed by atoms with Crippen LogP contribution in [0.5, 0.6) is 0 Å². The Morgan fingerprint density at radius 2 is 1.81 bits per heavy atom. The van der Waals surface area contributed by atoms with Gasteiger partial charge in [-0.2, -0.15) is 0 Å². The molecule has 4 nitrogen and oxygen atoms in total. The third-order valence-corrected chi connectivity index (χ3v) is 2.20. The van der Waals surface area contributed by atoms with Crippen molar-refractivity contribution in [3.05, 3.63) is 39.9 Å². The molecule has 1 aromatic rings. The third-order valence-electron chi connectivity index (χ3n) is 2.20. The summed E-state index contributed by atoms with van der Waals surface area (Å²) in [4.78, 5) is 12.0. The molecule has 0 radical (unpaired) electrons. The van der Waals surface area contributed by atoms with Crippen molar-refractivity contribution in [2.24, 2.45) is 0 Å². The van der Waals surface area contributed by atoms with E-state index in [0.717, 1.165) is 18.7 Å². The summed E-state index contributed by atoms with van der Waals surface area (Å²) in [5.74, 6) is 2.97. The van der Waals surface area contributed by atoms with Crippen LogP contribution in [0, 0.1) is 22.1 Å². The lowest BCUT2D eigenvalue weighted by atomic mass is 10.2. The molecule has 0 saturated carbocycles. The summed E-state index contributed by atoms with van der Waals surface area (Å²) in [6.07, 6.45) is 0. The van der Waals surface area contributed by atoms with Gasteiger partial charge in [-0.15, -0.1) is 0 Å². The lowest BCUT2D eigenvalue weighted by Crippen LogP contribution is -2.15. The number of benzene rings is 1. The molecular weight excluding hydrogens is 204 g/mol. The van der Waals surface area contributed by atoms with Crippen LogP contribution in [0.15, 0.2) is 24.3 Å². The standard InChI is InChI=1S/C12H14N2O2/c1-3-13(4-2)10-9-11-5-7-12(8-6-11)14(15)16/h5-8H,3-4H2,1-2H3. The van der Waals surface area contributed by atoms with Gasteiger partial charge in [0, 0.05) is 36.8 Å². The average molecular weight is 218 g/mol. The van der Waals surface area contributed by atoms with E-state index >= 15 is 0 Å². The maximum absolute atomic E-state index is 10.4. The smallest absolute Gasteiger partial charge is 0.269 e. The van der Waals surface area contributed by atoms with Crippen molar-refractivity contribution in [2.45, 2.75) is 13.8 Å². The molecule has 0 spiro atoms. The quantitative estimate of drug-likeness (QED) is 0.338. The lowest BCUT2D eigenvalue weighted by molar-refractivity contribution is -0.384. The van der Waals surface area contributed by atoms with E-state index < -0.39 is 4.92 Å². The van der Waals surface area contributed by atoms with Gasteiger partial charge in [0.15, 0.2) is 0 Å². The number of nitro benzene ring substituents is 1. The van der Waals surface area contributed by atoms with Crippen LogP contribution in [0.1, 0.15) is 19.4 Å². The average Bonchev–Trinajstić information content (AvgIpc) is 2.31. The Balaban J connectivity index is 2.78. The Hall–Kier alpha value is -2.02. The van der Waals surface area contributed by atoms with E-state index in [1.165, 1.54) is 12.1 Å². The van der Waals surface area contributed by atoms with Crippen LogP contribution in [-0.4, -0.2) is 22.9 Å². The van der Waals surface area contributed by atoms with Crippen LogP contribution >= 0.6 is 0 Å². The van der Waals surface area contributed by atoms with E-state index in [2.05, 4.69) is 12.0 Å². The minimum absolute atomic E-state index is 0.0911. The van der Waals surface area contributed by atoms with Crippen LogP contribution in [0.2, 0.25) is 0 Å². The predicted molar refractivity (Wildman–Crippen MR) is 62.9 cm³/mol. The Kier molecular flexibility index (Phi) is 4.34. The molecule has 0 unspecified atom stereocenters. The molecule has 0 aliphatic carbocycles. The first-order valence-corrected chi connectivity index (χ1v) is 5.18. The molecule has 16 heavy (non-hydrogen) atoms. The van der Waals surface area contributed by atoms with Crippen molar-refractivity contribution in [1.82, 2.24) is 4.90 Å². The largest absolute Gasteiger partial charge is 0.333 e. The molecule has 0 N–H and O–H groups in total. The van der Waals surface area contributed by atoms with Gasteiger partial charge in [-0.1, -0.05) is 0 Å². The van der Waals surface area contributed by atoms with Gasteiger partial charge >= 0.3 is 0 Å². The van der Waals surface area contributed by atoms with Crippen LogP contribution in [0.25, 0.3) is 0 Å². The highest BCUT2D eigenvalue weighted by Gasteiger charge is 2.02. The first kappa shape index (κ1) is 12.1. The van der Waals surface area contributed by atoms with Crippen molar-refractivity contribution in [1.29, 1.82) is 0 Å². The van der Waals surface area contributed by atoms with E-state index in [-0.39, 0.29) is 5.69 Å². The Morgan fingerprint density at radius 3 is 2.25 bits per heavy atom. The Labute approximate surface area is 95.0 Å². The summed E-state index contributed by atoms with van der Waals surface area (Å²) < 4.78 is 0. The van der Waals surface area contributed by atoms with Gasteiger partial charge in [-0.25, -0.2) is 0 Å². The molecule has 0 heterocycles. The van der Waals surface area contributed by atoms with E-state index in [4.69, 9.17) is 0 Å². The summed E-state index contributed by atoms with van der Waals surface area (Å²) in [7, 11) is 0. The normalized spacial score (nSPS) is 9.12. The molecule has 0 fully saturated rings. The van der Waals surface area contributed by atoms with E-state index in [1.807, 2.05) is 18.7 Å². The number of nitrogens with zero attached hydrogens (tertiary/aromatic N) is 2. The van der Waals surface area contributed by atoms with Gasteiger partial charge < -0.3 is 4.90 Å². The summed E-state index contributed by atoms with van der Waals surface area (Å²) in [5, 5.41) is 10.4.